The average molecular weight is 419 g/mol. The number of amides is 2. The van der Waals surface area contributed by atoms with Crippen LogP contribution in [0.4, 0.5) is 0 Å². The molecule has 2 aliphatic rings. The Bertz CT molecular complexity index is 673. The molecule has 0 radical (unpaired) electrons. The lowest BCUT2D eigenvalue weighted by molar-refractivity contribution is -0.137. The van der Waals surface area contributed by atoms with Gasteiger partial charge in [-0.15, -0.1) is 0 Å². The van der Waals surface area contributed by atoms with E-state index < -0.39 is 0 Å². The highest BCUT2D eigenvalue weighted by Gasteiger charge is 2.42. The molecule has 7 heteroatoms. The summed E-state index contributed by atoms with van der Waals surface area (Å²) in [4.78, 5) is 28.8. The second-order valence-corrected chi connectivity index (χ2v) is 8.26. The van der Waals surface area contributed by atoms with Gasteiger partial charge in [-0.25, -0.2) is 0 Å². The van der Waals surface area contributed by atoms with Crippen molar-refractivity contribution in [1.82, 2.24) is 9.80 Å². The van der Waals surface area contributed by atoms with Gasteiger partial charge in [0, 0.05) is 39.7 Å². The molecule has 2 heterocycles. The monoisotopic (exact) mass is 418 g/mol. The molecule has 1 aromatic carbocycles. The molecule has 3 rings (SSSR count). The molecule has 166 valence electrons. The summed E-state index contributed by atoms with van der Waals surface area (Å²) in [6, 6.07) is 9.68. The van der Waals surface area contributed by atoms with Crippen molar-refractivity contribution in [2.24, 2.45) is 5.41 Å². The minimum atomic E-state index is 0.0555. The first-order valence-electron chi connectivity index (χ1n) is 10.9. The zero-order valence-corrected chi connectivity index (χ0v) is 18.0. The van der Waals surface area contributed by atoms with Crippen LogP contribution in [0.15, 0.2) is 30.3 Å². The normalized spacial score (nSPS) is 18.0. The number of benzene rings is 1. The van der Waals surface area contributed by atoms with Crippen LogP contribution < -0.4 is 4.74 Å². The van der Waals surface area contributed by atoms with E-state index in [1.807, 2.05) is 40.1 Å². The van der Waals surface area contributed by atoms with E-state index in [9.17, 15) is 9.59 Å². The standard InChI is InChI=1S/C23H34N2O5/c1-28-16-17-29-18-22(27)25-14-11-23(19-25)9-12-24(13-10-23)21(26)8-5-15-30-20-6-3-2-4-7-20/h2-4,6-7H,5,8-19H2,1H3. The molecule has 0 aromatic heterocycles. The average Bonchev–Trinajstić information content (AvgIpc) is 3.19. The van der Waals surface area contributed by atoms with Crippen molar-refractivity contribution in [2.75, 3.05) is 59.7 Å². The molecule has 2 fully saturated rings. The van der Waals surface area contributed by atoms with Crippen LogP contribution in [0.2, 0.25) is 0 Å². The molecule has 7 nitrogen and oxygen atoms in total. The van der Waals surface area contributed by atoms with Gasteiger partial charge >= 0.3 is 0 Å². The van der Waals surface area contributed by atoms with Crippen molar-refractivity contribution in [3.05, 3.63) is 30.3 Å². The number of ether oxygens (including phenoxy) is 3. The Hall–Kier alpha value is -2.12. The van der Waals surface area contributed by atoms with E-state index in [-0.39, 0.29) is 23.8 Å². The fraction of sp³-hybridized carbons (Fsp3) is 0.652. The minimum Gasteiger partial charge on any atom is -0.494 e. The molecule has 1 spiro atoms. The van der Waals surface area contributed by atoms with Crippen LogP contribution in [0.25, 0.3) is 0 Å². The zero-order chi connectivity index (χ0) is 21.2. The lowest BCUT2D eigenvalue weighted by Gasteiger charge is -2.39. The summed E-state index contributed by atoms with van der Waals surface area (Å²) in [5.41, 5.74) is 0.162. The van der Waals surface area contributed by atoms with Crippen LogP contribution in [0, 0.1) is 5.41 Å². The first-order chi connectivity index (χ1) is 14.6. The van der Waals surface area contributed by atoms with Crippen molar-refractivity contribution >= 4 is 11.8 Å². The molecule has 0 aliphatic carbocycles. The van der Waals surface area contributed by atoms with Gasteiger partial charge in [0.2, 0.25) is 11.8 Å². The van der Waals surface area contributed by atoms with E-state index in [1.54, 1.807) is 7.11 Å². The van der Waals surface area contributed by atoms with Crippen molar-refractivity contribution in [3.63, 3.8) is 0 Å². The summed E-state index contributed by atoms with van der Waals surface area (Å²) in [6.45, 7) is 4.75. The number of para-hydroxylation sites is 1. The van der Waals surface area contributed by atoms with Crippen molar-refractivity contribution in [2.45, 2.75) is 32.1 Å². The van der Waals surface area contributed by atoms with Gasteiger partial charge in [0.25, 0.3) is 0 Å². The molecule has 1 aromatic rings. The van der Waals surface area contributed by atoms with Crippen molar-refractivity contribution < 1.29 is 23.8 Å². The number of carbonyl (C=O) groups is 2. The number of likely N-dealkylation sites (tertiary alicyclic amines) is 2. The molecule has 0 saturated carbocycles. The second kappa shape index (κ2) is 11.3. The fourth-order valence-electron chi connectivity index (χ4n) is 4.27. The predicted molar refractivity (Wildman–Crippen MR) is 113 cm³/mol. The van der Waals surface area contributed by atoms with Crippen LogP contribution >= 0.6 is 0 Å². The number of hydrogen-bond acceptors (Lipinski definition) is 5. The first-order valence-corrected chi connectivity index (χ1v) is 10.9. The van der Waals surface area contributed by atoms with Gasteiger partial charge in [0.05, 0.1) is 19.8 Å². The van der Waals surface area contributed by atoms with Crippen LogP contribution in [0.1, 0.15) is 32.1 Å². The Labute approximate surface area is 179 Å². The number of hydrogen-bond donors (Lipinski definition) is 0. The second-order valence-electron chi connectivity index (χ2n) is 8.26. The van der Waals surface area contributed by atoms with Crippen LogP contribution in [0.3, 0.4) is 0 Å². The predicted octanol–water partition coefficient (Wildman–Crippen LogP) is 2.35. The molecule has 30 heavy (non-hydrogen) atoms. The highest BCUT2D eigenvalue weighted by molar-refractivity contribution is 5.78. The fourth-order valence-corrected chi connectivity index (χ4v) is 4.27. The third kappa shape index (κ3) is 6.44. The molecule has 0 unspecified atom stereocenters. The van der Waals surface area contributed by atoms with Crippen LogP contribution in [-0.2, 0) is 19.1 Å². The summed E-state index contributed by atoms with van der Waals surface area (Å²) in [5.74, 6) is 1.10. The Morgan fingerprint density at radius 2 is 1.63 bits per heavy atom. The summed E-state index contributed by atoms with van der Waals surface area (Å²) >= 11 is 0. The smallest absolute Gasteiger partial charge is 0.248 e. The summed E-state index contributed by atoms with van der Waals surface area (Å²) in [7, 11) is 1.62. The van der Waals surface area contributed by atoms with Crippen molar-refractivity contribution in [3.8, 4) is 5.75 Å². The molecule has 0 bridgehead atoms. The van der Waals surface area contributed by atoms with Gasteiger partial charge in [-0.05, 0) is 43.2 Å². The minimum absolute atomic E-state index is 0.0555. The van der Waals surface area contributed by atoms with E-state index >= 15 is 0 Å². The molecule has 0 N–H and O–H groups in total. The van der Waals surface area contributed by atoms with E-state index in [0.717, 1.165) is 57.6 Å². The molecule has 2 saturated heterocycles. The van der Waals surface area contributed by atoms with E-state index in [0.29, 0.717) is 26.2 Å². The number of methoxy groups -OCH3 is 1. The molecule has 0 atom stereocenters. The van der Waals surface area contributed by atoms with E-state index in [4.69, 9.17) is 14.2 Å². The quantitative estimate of drug-likeness (QED) is 0.546. The highest BCUT2D eigenvalue weighted by Crippen LogP contribution is 2.40. The SMILES string of the molecule is COCCOCC(=O)N1CCC2(CCN(C(=O)CCCOc3ccccc3)CC2)C1. The number of carbonyl (C=O) groups excluding carboxylic acids is 2. The number of rotatable bonds is 10. The Morgan fingerprint density at radius 1 is 0.933 bits per heavy atom. The number of nitrogens with zero attached hydrogens (tertiary/aromatic N) is 2. The lowest BCUT2D eigenvalue weighted by atomic mass is 9.77. The largest absolute Gasteiger partial charge is 0.494 e. The van der Waals surface area contributed by atoms with Crippen LogP contribution in [0.5, 0.6) is 5.75 Å². The van der Waals surface area contributed by atoms with Gasteiger partial charge in [0.1, 0.15) is 12.4 Å². The van der Waals surface area contributed by atoms with Gasteiger partial charge in [0.15, 0.2) is 0 Å². The van der Waals surface area contributed by atoms with Gasteiger partial charge in [-0.1, -0.05) is 18.2 Å². The molecular formula is C23H34N2O5. The summed E-state index contributed by atoms with van der Waals surface area (Å²) < 4.78 is 16.0. The van der Waals surface area contributed by atoms with Gasteiger partial charge < -0.3 is 24.0 Å². The molecular weight excluding hydrogens is 384 g/mol. The lowest BCUT2D eigenvalue weighted by Crippen LogP contribution is -2.45. The van der Waals surface area contributed by atoms with E-state index in [2.05, 4.69) is 0 Å². The zero-order valence-electron chi connectivity index (χ0n) is 18.0. The van der Waals surface area contributed by atoms with Gasteiger partial charge in [-0.2, -0.15) is 0 Å². The third-order valence-corrected chi connectivity index (χ3v) is 6.17. The molecule has 2 amide bonds. The Morgan fingerprint density at radius 3 is 2.33 bits per heavy atom. The Kier molecular flexibility index (Phi) is 8.51. The van der Waals surface area contributed by atoms with Crippen molar-refractivity contribution in [1.29, 1.82) is 0 Å². The highest BCUT2D eigenvalue weighted by atomic mass is 16.5. The molecule has 2 aliphatic heterocycles. The number of piperidine rings is 1. The Balaban J connectivity index is 1.33. The maximum absolute atomic E-state index is 12.5. The third-order valence-electron chi connectivity index (χ3n) is 6.17. The maximum atomic E-state index is 12.5. The van der Waals surface area contributed by atoms with E-state index in [1.165, 1.54) is 0 Å². The first kappa shape index (κ1) is 22.6. The van der Waals surface area contributed by atoms with Gasteiger partial charge in [-0.3, -0.25) is 9.59 Å². The summed E-state index contributed by atoms with van der Waals surface area (Å²) in [6.07, 6.45) is 4.19. The summed E-state index contributed by atoms with van der Waals surface area (Å²) in [5, 5.41) is 0. The topological polar surface area (TPSA) is 68.3 Å². The maximum Gasteiger partial charge on any atom is 0.248 e. The van der Waals surface area contributed by atoms with Crippen LogP contribution in [-0.4, -0.2) is 81.3 Å².